The van der Waals surface area contributed by atoms with E-state index in [9.17, 15) is 13.9 Å². The summed E-state index contributed by atoms with van der Waals surface area (Å²) < 4.78 is 25.8. The Morgan fingerprint density at radius 3 is 2.24 bits per heavy atom. The zero-order valence-corrected chi connectivity index (χ0v) is 22.0. The minimum atomic E-state index is -1.59. The van der Waals surface area contributed by atoms with Crippen LogP contribution in [0.15, 0.2) is 12.2 Å². The van der Waals surface area contributed by atoms with E-state index in [0.717, 1.165) is 60.8 Å². The van der Waals surface area contributed by atoms with Crippen molar-refractivity contribution in [3.63, 3.8) is 0 Å². The summed E-state index contributed by atoms with van der Waals surface area (Å²) >= 11 is 0. The molecule has 0 radical (unpaired) electrons. The van der Waals surface area contributed by atoms with Crippen LogP contribution < -0.4 is 0 Å². The van der Waals surface area contributed by atoms with Crippen LogP contribution >= 0.6 is 0 Å². The van der Waals surface area contributed by atoms with Gasteiger partial charge in [0.25, 0.3) is 6.08 Å². The lowest BCUT2D eigenvalue weighted by Crippen LogP contribution is -2.56. The molecule has 1 N–H and O–H groups in total. The smallest absolute Gasteiger partial charge is 0.266 e. The van der Waals surface area contributed by atoms with Crippen LogP contribution in [0.5, 0.6) is 0 Å². The van der Waals surface area contributed by atoms with Gasteiger partial charge in [-0.1, -0.05) is 53.9 Å². The second-order valence-corrected chi connectivity index (χ2v) is 13.6. The fourth-order valence-corrected chi connectivity index (χ4v) is 10.1. The molecule has 4 saturated carbocycles. The third-order valence-corrected chi connectivity index (χ3v) is 11.7. The lowest BCUT2D eigenvalue weighted by molar-refractivity contribution is -0.152. The van der Waals surface area contributed by atoms with Gasteiger partial charge < -0.3 is 5.11 Å². The summed E-state index contributed by atoms with van der Waals surface area (Å²) in [5, 5.41) is 10.7. The van der Waals surface area contributed by atoms with Gasteiger partial charge in [0.15, 0.2) is 0 Å². The first-order chi connectivity index (χ1) is 15.6. The lowest BCUT2D eigenvalue weighted by atomic mass is 9.43. The first kappa shape index (κ1) is 25.6. The van der Waals surface area contributed by atoms with Crippen molar-refractivity contribution in [1.82, 2.24) is 0 Å². The molecule has 33 heavy (non-hydrogen) atoms. The Kier molecular flexibility index (Phi) is 7.70. The van der Waals surface area contributed by atoms with E-state index >= 15 is 0 Å². The standard InChI is InChI=1S/C30H50F2O/c1-19(2)7-6-8-20(3)23-12-13-24-21-9-11-25-22(10-14-28(31)32)27(33)16-18-30(25,5)26(21)15-17-29(23,24)4/h14,19-27,33H,6-13,15-18H2,1-5H3/t20-,21-,22?,23+,24-,25?,26-,27?,29+,30-/m0/s1. The van der Waals surface area contributed by atoms with Gasteiger partial charge in [0.05, 0.1) is 6.10 Å². The van der Waals surface area contributed by atoms with Crippen molar-refractivity contribution in [2.45, 2.75) is 118 Å². The van der Waals surface area contributed by atoms with E-state index in [1.54, 1.807) is 0 Å². The molecule has 3 heteroatoms. The fourth-order valence-electron chi connectivity index (χ4n) is 10.1. The minimum absolute atomic E-state index is 0.0109. The normalized spacial score (nSPS) is 45.8. The van der Waals surface area contributed by atoms with Crippen LogP contribution in [0.1, 0.15) is 112 Å². The Hall–Kier alpha value is -0.440. The first-order valence-electron chi connectivity index (χ1n) is 14.3. The van der Waals surface area contributed by atoms with Crippen molar-refractivity contribution in [2.75, 3.05) is 0 Å². The zero-order chi connectivity index (χ0) is 24.0. The average Bonchev–Trinajstić information content (AvgIpc) is 3.10. The third kappa shape index (κ3) is 4.70. The van der Waals surface area contributed by atoms with Gasteiger partial charge in [-0.2, -0.15) is 8.78 Å². The van der Waals surface area contributed by atoms with Gasteiger partial charge in [-0.15, -0.1) is 0 Å². The summed E-state index contributed by atoms with van der Waals surface area (Å²) in [4.78, 5) is 0. The van der Waals surface area contributed by atoms with Gasteiger partial charge in [-0.05, 0) is 122 Å². The highest BCUT2D eigenvalue weighted by Gasteiger charge is 2.61. The fraction of sp³-hybridized carbons (Fsp3) is 0.933. The molecule has 0 spiro atoms. The summed E-state index contributed by atoms with van der Waals surface area (Å²) in [6.07, 6.45) is 13.3. The number of aliphatic hydroxyl groups excluding tert-OH is 1. The van der Waals surface area contributed by atoms with Gasteiger partial charge in [-0.3, -0.25) is 0 Å². The molecule has 0 heterocycles. The maximum Gasteiger partial charge on any atom is 0.266 e. The van der Waals surface area contributed by atoms with Crippen molar-refractivity contribution >= 4 is 0 Å². The molecule has 4 fully saturated rings. The molecule has 0 aliphatic heterocycles. The Bertz CT molecular complexity index is 699. The van der Waals surface area contributed by atoms with Crippen LogP contribution in [0.2, 0.25) is 0 Å². The largest absolute Gasteiger partial charge is 0.393 e. The Morgan fingerprint density at radius 2 is 1.55 bits per heavy atom. The number of rotatable bonds is 7. The first-order valence-corrected chi connectivity index (χ1v) is 14.3. The quantitative estimate of drug-likeness (QED) is 0.399. The number of hydrogen-bond donors (Lipinski definition) is 1. The van der Waals surface area contributed by atoms with Gasteiger partial charge in [0, 0.05) is 0 Å². The molecule has 0 aromatic heterocycles. The van der Waals surface area contributed by atoms with Crippen LogP contribution in [0.25, 0.3) is 0 Å². The van der Waals surface area contributed by atoms with Crippen molar-refractivity contribution in [3.05, 3.63) is 12.2 Å². The zero-order valence-electron chi connectivity index (χ0n) is 22.0. The third-order valence-electron chi connectivity index (χ3n) is 11.7. The molecule has 1 nitrogen and oxygen atoms in total. The van der Waals surface area contributed by atoms with Crippen molar-refractivity contribution < 1.29 is 13.9 Å². The van der Waals surface area contributed by atoms with Crippen LogP contribution in [-0.4, -0.2) is 11.2 Å². The van der Waals surface area contributed by atoms with E-state index in [1.807, 2.05) is 0 Å². The molecule has 0 bridgehead atoms. The second kappa shape index (κ2) is 9.90. The number of allylic oxidation sites excluding steroid dienone is 1. The highest BCUT2D eigenvalue weighted by molar-refractivity contribution is 5.11. The van der Waals surface area contributed by atoms with Crippen molar-refractivity contribution in [1.29, 1.82) is 0 Å². The Labute approximate surface area is 202 Å². The molecule has 190 valence electrons. The molecule has 10 atom stereocenters. The van der Waals surface area contributed by atoms with Gasteiger partial charge >= 0.3 is 0 Å². The van der Waals surface area contributed by atoms with Crippen LogP contribution in [-0.2, 0) is 0 Å². The maximum absolute atomic E-state index is 12.9. The van der Waals surface area contributed by atoms with Crippen LogP contribution in [0.4, 0.5) is 8.78 Å². The van der Waals surface area contributed by atoms with E-state index in [2.05, 4.69) is 34.6 Å². The molecule has 0 aromatic carbocycles. The summed E-state index contributed by atoms with van der Waals surface area (Å²) in [6.45, 7) is 12.3. The number of fused-ring (bicyclic) bond motifs is 5. The molecule has 0 saturated heterocycles. The highest BCUT2D eigenvalue weighted by Crippen LogP contribution is 2.69. The second-order valence-electron chi connectivity index (χ2n) is 13.6. The van der Waals surface area contributed by atoms with E-state index < -0.39 is 12.2 Å². The minimum Gasteiger partial charge on any atom is -0.393 e. The summed E-state index contributed by atoms with van der Waals surface area (Å²) in [5.41, 5.74) is 0.713. The predicted molar refractivity (Wildman–Crippen MR) is 133 cm³/mol. The maximum atomic E-state index is 12.9. The molecule has 4 aliphatic rings. The summed E-state index contributed by atoms with van der Waals surface area (Å²) in [6, 6.07) is 0. The SMILES string of the molecule is CC(C)CCC[C@H](C)[C@H]1CC[C@H]2[C@@H]3CCC4C(CC=C(F)F)C(O)CC[C@]4(C)[C@H]3CC[C@]12C. The van der Waals surface area contributed by atoms with Crippen molar-refractivity contribution in [3.8, 4) is 0 Å². The molecular weight excluding hydrogens is 414 g/mol. The molecule has 0 aromatic rings. The van der Waals surface area contributed by atoms with Crippen molar-refractivity contribution in [2.24, 2.45) is 58.2 Å². The summed E-state index contributed by atoms with van der Waals surface area (Å²) in [7, 11) is 0. The Balaban J connectivity index is 1.48. The van der Waals surface area contributed by atoms with Gasteiger partial charge in [-0.25, -0.2) is 0 Å². The van der Waals surface area contributed by atoms with E-state index in [4.69, 9.17) is 0 Å². The highest BCUT2D eigenvalue weighted by atomic mass is 19.3. The van der Waals surface area contributed by atoms with E-state index in [0.29, 0.717) is 17.8 Å². The Morgan fingerprint density at radius 1 is 0.879 bits per heavy atom. The molecule has 4 aliphatic carbocycles. The average molecular weight is 465 g/mol. The molecule has 0 amide bonds. The number of halogens is 2. The monoisotopic (exact) mass is 464 g/mol. The number of aliphatic hydroxyl groups is 1. The van der Waals surface area contributed by atoms with Crippen LogP contribution in [0.3, 0.4) is 0 Å². The molecule has 3 unspecified atom stereocenters. The predicted octanol–water partition coefficient (Wildman–Crippen LogP) is 8.87. The van der Waals surface area contributed by atoms with E-state index in [1.165, 1.54) is 51.4 Å². The molecular formula is C30H50F2O. The lowest BCUT2D eigenvalue weighted by Gasteiger charge is -2.62. The molecule has 4 rings (SSSR count). The summed E-state index contributed by atoms with van der Waals surface area (Å²) in [5.74, 6) is 5.30. The number of hydrogen-bond acceptors (Lipinski definition) is 1. The topological polar surface area (TPSA) is 20.2 Å². The van der Waals surface area contributed by atoms with E-state index in [-0.39, 0.29) is 11.3 Å². The van der Waals surface area contributed by atoms with Crippen LogP contribution in [0, 0.1) is 58.2 Å². The van der Waals surface area contributed by atoms with Gasteiger partial charge in [0.1, 0.15) is 0 Å². The van der Waals surface area contributed by atoms with Gasteiger partial charge in [0.2, 0.25) is 0 Å².